The molecular weight excluding hydrogens is 230 g/mol. The lowest BCUT2D eigenvalue weighted by Gasteiger charge is -2.14. The van der Waals surface area contributed by atoms with Gasteiger partial charge in [0.2, 0.25) is 0 Å². The Morgan fingerprint density at radius 3 is 2.65 bits per heavy atom. The molecule has 94 valence electrons. The van der Waals surface area contributed by atoms with Gasteiger partial charge in [0, 0.05) is 6.07 Å². The molecule has 0 aromatic heterocycles. The van der Waals surface area contributed by atoms with Gasteiger partial charge in [-0.25, -0.2) is 8.78 Å². The van der Waals surface area contributed by atoms with E-state index < -0.39 is 23.6 Å². The van der Waals surface area contributed by atoms with Crippen LogP contribution in [-0.4, -0.2) is 23.7 Å². The molecule has 0 spiro atoms. The van der Waals surface area contributed by atoms with Gasteiger partial charge >= 0.3 is 0 Å². The van der Waals surface area contributed by atoms with Crippen LogP contribution in [0.2, 0.25) is 0 Å². The fourth-order valence-corrected chi connectivity index (χ4v) is 1.28. The molecule has 1 aromatic rings. The van der Waals surface area contributed by atoms with Crippen LogP contribution in [0.3, 0.4) is 0 Å². The molecule has 4 N–H and O–H groups in total. The number of rotatable bonds is 4. The summed E-state index contributed by atoms with van der Waals surface area (Å²) in [7, 11) is 0. The molecule has 0 radical (unpaired) electrons. The smallest absolute Gasteiger partial charge is 0.254 e. The summed E-state index contributed by atoms with van der Waals surface area (Å²) in [6.45, 7) is 1.51. The molecule has 4 nitrogen and oxygen atoms in total. The van der Waals surface area contributed by atoms with Crippen molar-refractivity contribution in [2.45, 2.75) is 19.4 Å². The van der Waals surface area contributed by atoms with Crippen molar-refractivity contribution < 1.29 is 18.7 Å². The Kier molecular flexibility index (Phi) is 4.39. The minimum absolute atomic E-state index is 0.249. The van der Waals surface area contributed by atoms with Crippen LogP contribution in [0.15, 0.2) is 12.1 Å². The Bertz CT molecular complexity index is 420. The Balaban J connectivity index is 2.93. The third kappa shape index (κ3) is 3.13. The van der Waals surface area contributed by atoms with Gasteiger partial charge in [0.05, 0.1) is 23.9 Å². The number of nitrogens with one attached hydrogen (secondary N) is 1. The molecule has 1 aromatic carbocycles. The number of carbonyl (C=O) groups excluding carboxylic acids is 1. The first-order chi connectivity index (χ1) is 7.99. The van der Waals surface area contributed by atoms with E-state index in [9.17, 15) is 13.6 Å². The van der Waals surface area contributed by atoms with Gasteiger partial charge in [-0.2, -0.15) is 0 Å². The topological polar surface area (TPSA) is 75.3 Å². The molecule has 1 atom stereocenters. The third-order valence-corrected chi connectivity index (χ3v) is 2.38. The molecular formula is C11H14F2N2O2. The summed E-state index contributed by atoms with van der Waals surface area (Å²) in [4.78, 5) is 11.6. The van der Waals surface area contributed by atoms with Crippen LogP contribution in [0, 0.1) is 11.6 Å². The molecule has 0 bridgehead atoms. The maximum absolute atomic E-state index is 13.3. The van der Waals surface area contributed by atoms with Crippen molar-refractivity contribution >= 4 is 11.6 Å². The normalized spacial score (nSPS) is 12.2. The van der Waals surface area contributed by atoms with Gasteiger partial charge in [-0.15, -0.1) is 0 Å². The van der Waals surface area contributed by atoms with Gasteiger partial charge in [-0.05, 0) is 12.5 Å². The van der Waals surface area contributed by atoms with E-state index in [0.717, 1.165) is 6.07 Å². The molecule has 17 heavy (non-hydrogen) atoms. The first-order valence-corrected chi connectivity index (χ1v) is 5.15. The fraction of sp³-hybridized carbons (Fsp3) is 0.364. The summed E-state index contributed by atoms with van der Waals surface area (Å²) in [5.41, 5.74) is 4.62. The summed E-state index contributed by atoms with van der Waals surface area (Å²) in [5, 5.41) is 11.3. The predicted molar refractivity (Wildman–Crippen MR) is 59.4 cm³/mol. The Hall–Kier alpha value is -1.69. The number of anilines is 1. The number of hydrogen-bond donors (Lipinski definition) is 3. The molecule has 1 rings (SSSR count). The average molecular weight is 244 g/mol. The zero-order valence-corrected chi connectivity index (χ0v) is 9.34. The number of nitrogen functional groups attached to an aromatic ring is 1. The molecule has 0 aliphatic heterocycles. The molecule has 6 heteroatoms. The number of aliphatic hydroxyl groups excluding tert-OH is 1. The Labute approximate surface area is 97.4 Å². The first-order valence-electron chi connectivity index (χ1n) is 5.15. The van der Waals surface area contributed by atoms with Crippen molar-refractivity contribution in [3.8, 4) is 0 Å². The fourth-order valence-electron chi connectivity index (χ4n) is 1.28. The van der Waals surface area contributed by atoms with Gasteiger partial charge in [-0.1, -0.05) is 6.92 Å². The zero-order chi connectivity index (χ0) is 13.0. The van der Waals surface area contributed by atoms with E-state index in [1.165, 1.54) is 0 Å². The minimum atomic E-state index is -0.984. The summed E-state index contributed by atoms with van der Waals surface area (Å²) >= 11 is 0. The molecule has 0 saturated carbocycles. The maximum atomic E-state index is 13.3. The largest absolute Gasteiger partial charge is 0.396 e. The lowest BCUT2D eigenvalue weighted by Crippen LogP contribution is -2.37. The summed E-state index contributed by atoms with van der Waals surface area (Å²) < 4.78 is 26.2. The second-order valence-electron chi connectivity index (χ2n) is 3.61. The minimum Gasteiger partial charge on any atom is -0.396 e. The van der Waals surface area contributed by atoms with Crippen LogP contribution in [0.25, 0.3) is 0 Å². The van der Waals surface area contributed by atoms with Crippen molar-refractivity contribution in [3.63, 3.8) is 0 Å². The molecule has 0 saturated heterocycles. The van der Waals surface area contributed by atoms with Crippen molar-refractivity contribution in [1.82, 2.24) is 5.32 Å². The van der Waals surface area contributed by atoms with Gasteiger partial charge in [0.1, 0.15) is 11.6 Å². The van der Waals surface area contributed by atoms with E-state index in [1.54, 1.807) is 6.92 Å². The Morgan fingerprint density at radius 2 is 2.12 bits per heavy atom. The van der Waals surface area contributed by atoms with Gasteiger partial charge in [-0.3, -0.25) is 4.79 Å². The number of amides is 1. The van der Waals surface area contributed by atoms with E-state index in [2.05, 4.69) is 5.32 Å². The highest BCUT2D eigenvalue weighted by atomic mass is 19.1. The summed E-state index contributed by atoms with van der Waals surface area (Å²) in [6.07, 6.45) is 0.501. The molecule has 1 amide bonds. The lowest BCUT2D eigenvalue weighted by atomic mass is 10.1. The van der Waals surface area contributed by atoms with Crippen molar-refractivity contribution in [2.75, 3.05) is 12.3 Å². The number of halogens is 2. The predicted octanol–water partition coefficient (Wildman–Crippen LogP) is 1.05. The van der Waals surface area contributed by atoms with Crippen LogP contribution in [0.4, 0.5) is 14.5 Å². The molecule has 0 aliphatic carbocycles. The number of benzene rings is 1. The van der Waals surface area contributed by atoms with E-state index in [0.29, 0.717) is 12.5 Å². The summed E-state index contributed by atoms with van der Waals surface area (Å²) in [6, 6.07) is 1.03. The van der Waals surface area contributed by atoms with E-state index in [-0.39, 0.29) is 17.9 Å². The highest BCUT2D eigenvalue weighted by Crippen LogP contribution is 2.16. The van der Waals surface area contributed by atoms with Crippen LogP contribution >= 0.6 is 0 Å². The molecule has 0 fully saturated rings. The van der Waals surface area contributed by atoms with Gasteiger partial charge in [0.15, 0.2) is 0 Å². The highest BCUT2D eigenvalue weighted by Gasteiger charge is 2.17. The van der Waals surface area contributed by atoms with E-state index >= 15 is 0 Å². The maximum Gasteiger partial charge on any atom is 0.254 e. The number of carbonyl (C=O) groups is 1. The van der Waals surface area contributed by atoms with Crippen molar-refractivity contribution in [1.29, 1.82) is 0 Å². The van der Waals surface area contributed by atoms with Crippen molar-refractivity contribution in [2.24, 2.45) is 0 Å². The molecule has 0 unspecified atom stereocenters. The Morgan fingerprint density at radius 1 is 1.47 bits per heavy atom. The zero-order valence-electron chi connectivity index (χ0n) is 9.34. The highest BCUT2D eigenvalue weighted by molar-refractivity contribution is 5.95. The lowest BCUT2D eigenvalue weighted by molar-refractivity contribution is 0.0911. The second kappa shape index (κ2) is 5.58. The quantitative estimate of drug-likeness (QED) is 0.693. The molecule has 0 aliphatic rings. The number of hydrogen-bond acceptors (Lipinski definition) is 3. The first kappa shape index (κ1) is 13.4. The van der Waals surface area contributed by atoms with Crippen LogP contribution < -0.4 is 11.1 Å². The SMILES string of the molecule is CC[C@@H](CO)NC(=O)c1cc(N)c(F)cc1F. The monoisotopic (exact) mass is 244 g/mol. The van der Waals surface area contributed by atoms with Gasteiger partial charge in [0.25, 0.3) is 5.91 Å². The standard InChI is InChI=1S/C11H14F2N2O2/c1-2-6(5-16)15-11(17)7-3-10(14)9(13)4-8(7)12/h3-4,6,16H,2,5,14H2,1H3,(H,15,17)/t6-/m0/s1. The summed E-state index contributed by atoms with van der Waals surface area (Å²) in [5.74, 6) is -2.62. The number of aliphatic hydroxyl groups is 1. The van der Waals surface area contributed by atoms with Crippen LogP contribution in [0.5, 0.6) is 0 Å². The van der Waals surface area contributed by atoms with Gasteiger partial charge < -0.3 is 16.2 Å². The van der Waals surface area contributed by atoms with Crippen LogP contribution in [0.1, 0.15) is 23.7 Å². The number of nitrogens with two attached hydrogens (primary N) is 1. The van der Waals surface area contributed by atoms with E-state index in [1.807, 2.05) is 0 Å². The third-order valence-electron chi connectivity index (χ3n) is 2.38. The molecule has 0 heterocycles. The van der Waals surface area contributed by atoms with E-state index in [4.69, 9.17) is 10.8 Å². The van der Waals surface area contributed by atoms with Crippen molar-refractivity contribution in [3.05, 3.63) is 29.3 Å². The van der Waals surface area contributed by atoms with Crippen LogP contribution in [-0.2, 0) is 0 Å². The second-order valence-corrected chi connectivity index (χ2v) is 3.61. The average Bonchev–Trinajstić information content (AvgIpc) is 2.30.